The highest BCUT2D eigenvalue weighted by Crippen LogP contribution is 2.18. The van der Waals surface area contributed by atoms with Crippen molar-refractivity contribution in [1.29, 1.82) is 0 Å². The molecular formula is C18H17F2NO3. The highest BCUT2D eigenvalue weighted by atomic mass is 19.2. The van der Waals surface area contributed by atoms with E-state index in [4.69, 9.17) is 9.47 Å². The van der Waals surface area contributed by atoms with Crippen LogP contribution in [0.15, 0.2) is 42.5 Å². The summed E-state index contributed by atoms with van der Waals surface area (Å²) in [5.74, 6) is -1.73. The molecule has 24 heavy (non-hydrogen) atoms. The van der Waals surface area contributed by atoms with Gasteiger partial charge in [-0.25, -0.2) is 8.78 Å². The summed E-state index contributed by atoms with van der Waals surface area (Å²) in [6.07, 6.45) is 2.17. The van der Waals surface area contributed by atoms with Gasteiger partial charge in [0, 0.05) is 23.9 Å². The summed E-state index contributed by atoms with van der Waals surface area (Å²) < 4.78 is 37.1. The smallest absolute Gasteiger partial charge is 0.255 e. The van der Waals surface area contributed by atoms with E-state index in [1.165, 1.54) is 6.07 Å². The quantitative estimate of drug-likeness (QED) is 0.906. The number of carbonyl (C=O) groups is 1. The minimum atomic E-state index is -1.01. The van der Waals surface area contributed by atoms with Crippen LogP contribution >= 0.6 is 0 Å². The van der Waals surface area contributed by atoms with Gasteiger partial charge in [0.25, 0.3) is 5.91 Å². The first-order valence-electron chi connectivity index (χ1n) is 7.73. The number of amides is 1. The van der Waals surface area contributed by atoms with Crippen molar-refractivity contribution >= 4 is 11.6 Å². The van der Waals surface area contributed by atoms with Crippen LogP contribution in [0.5, 0.6) is 5.75 Å². The second-order valence-corrected chi connectivity index (χ2v) is 5.55. The Bertz CT molecular complexity index is 713. The second kappa shape index (κ2) is 7.40. The van der Waals surface area contributed by atoms with Gasteiger partial charge in [-0.05, 0) is 49.2 Å². The fourth-order valence-corrected chi connectivity index (χ4v) is 2.44. The SMILES string of the molecule is O=C(Nc1ccc(F)c(F)c1)c1ccc(OCC2CCCO2)cc1. The molecule has 1 N–H and O–H groups in total. The summed E-state index contributed by atoms with van der Waals surface area (Å²) in [6.45, 7) is 1.26. The number of ether oxygens (including phenoxy) is 2. The third-order valence-electron chi connectivity index (χ3n) is 3.75. The van der Waals surface area contributed by atoms with Gasteiger partial charge < -0.3 is 14.8 Å². The Labute approximate surface area is 138 Å². The Morgan fingerprint density at radius 1 is 1.17 bits per heavy atom. The molecule has 4 nitrogen and oxygen atoms in total. The van der Waals surface area contributed by atoms with Crippen molar-refractivity contribution in [3.05, 3.63) is 59.7 Å². The first kappa shape index (κ1) is 16.4. The first-order chi connectivity index (χ1) is 11.6. The predicted octanol–water partition coefficient (Wildman–Crippen LogP) is 3.77. The Kier molecular flexibility index (Phi) is 5.05. The van der Waals surface area contributed by atoms with Crippen LogP contribution in [0.4, 0.5) is 14.5 Å². The molecule has 1 fully saturated rings. The summed E-state index contributed by atoms with van der Waals surface area (Å²) >= 11 is 0. The van der Waals surface area contributed by atoms with Crippen LogP contribution in [0.3, 0.4) is 0 Å². The maximum atomic E-state index is 13.1. The number of halogens is 2. The molecular weight excluding hydrogens is 316 g/mol. The first-order valence-corrected chi connectivity index (χ1v) is 7.73. The van der Waals surface area contributed by atoms with Crippen LogP contribution in [0.2, 0.25) is 0 Å². The molecule has 1 amide bonds. The van der Waals surface area contributed by atoms with Crippen LogP contribution < -0.4 is 10.1 Å². The van der Waals surface area contributed by atoms with E-state index in [1.54, 1.807) is 24.3 Å². The van der Waals surface area contributed by atoms with Crippen molar-refractivity contribution in [2.45, 2.75) is 18.9 Å². The van der Waals surface area contributed by atoms with Crippen LogP contribution in [0.1, 0.15) is 23.2 Å². The molecule has 0 spiro atoms. The van der Waals surface area contributed by atoms with E-state index in [9.17, 15) is 13.6 Å². The molecule has 1 aliphatic rings. The van der Waals surface area contributed by atoms with Crippen molar-refractivity contribution in [2.75, 3.05) is 18.5 Å². The van der Waals surface area contributed by atoms with Crippen LogP contribution in [0, 0.1) is 11.6 Å². The Balaban J connectivity index is 1.57. The van der Waals surface area contributed by atoms with E-state index in [-0.39, 0.29) is 11.8 Å². The van der Waals surface area contributed by atoms with Crippen LogP contribution in [-0.2, 0) is 4.74 Å². The summed E-state index contributed by atoms with van der Waals surface area (Å²) in [6, 6.07) is 9.80. The molecule has 126 valence electrons. The minimum Gasteiger partial charge on any atom is -0.491 e. The number of rotatable bonds is 5. The van der Waals surface area contributed by atoms with E-state index in [0.29, 0.717) is 17.9 Å². The number of carbonyl (C=O) groups excluding carboxylic acids is 1. The lowest BCUT2D eigenvalue weighted by atomic mass is 10.2. The Hall–Kier alpha value is -2.47. The van der Waals surface area contributed by atoms with E-state index >= 15 is 0 Å². The molecule has 2 aromatic rings. The molecule has 0 aromatic heterocycles. The maximum absolute atomic E-state index is 13.1. The number of benzene rings is 2. The molecule has 1 heterocycles. The predicted molar refractivity (Wildman–Crippen MR) is 85.2 cm³/mol. The van der Waals surface area contributed by atoms with Gasteiger partial charge in [0.05, 0.1) is 6.10 Å². The highest BCUT2D eigenvalue weighted by molar-refractivity contribution is 6.04. The molecule has 6 heteroatoms. The van der Waals surface area contributed by atoms with Crippen molar-refractivity contribution in [1.82, 2.24) is 0 Å². The standard InChI is InChI=1S/C18H17F2NO3/c19-16-8-5-13(10-17(16)20)21-18(22)12-3-6-14(7-4-12)24-11-15-2-1-9-23-15/h3-8,10,15H,1-2,9,11H2,(H,21,22). The summed E-state index contributed by atoms with van der Waals surface area (Å²) in [5.41, 5.74) is 0.585. The van der Waals surface area contributed by atoms with Crippen molar-refractivity contribution in [3.63, 3.8) is 0 Å². The van der Waals surface area contributed by atoms with Crippen LogP contribution in [-0.4, -0.2) is 25.2 Å². The third kappa shape index (κ3) is 4.08. The molecule has 0 radical (unpaired) electrons. The highest BCUT2D eigenvalue weighted by Gasteiger charge is 2.16. The van der Waals surface area contributed by atoms with Gasteiger partial charge in [0.2, 0.25) is 0 Å². The average Bonchev–Trinajstić information content (AvgIpc) is 3.10. The average molecular weight is 333 g/mol. The monoisotopic (exact) mass is 333 g/mol. The van der Waals surface area contributed by atoms with Gasteiger partial charge in [0.1, 0.15) is 12.4 Å². The molecule has 1 unspecified atom stereocenters. The lowest BCUT2D eigenvalue weighted by Crippen LogP contribution is -2.16. The lowest BCUT2D eigenvalue weighted by Gasteiger charge is -2.12. The molecule has 2 aromatic carbocycles. The molecule has 0 saturated carbocycles. The van der Waals surface area contributed by atoms with Gasteiger partial charge in [-0.1, -0.05) is 0 Å². The zero-order valence-corrected chi connectivity index (χ0v) is 12.9. The van der Waals surface area contributed by atoms with Gasteiger partial charge >= 0.3 is 0 Å². The van der Waals surface area contributed by atoms with Crippen LogP contribution in [0.25, 0.3) is 0 Å². The Morgan fingerprint density at radius 2 is 1.96 bits per heavy atom. The van der Waals surface area contributed by atoms with E-state index in [2.05, 4.69) is 5.32 Å². The van der Waals surface area contributed by atoms with E-state index < -0.39 is 17.5 Å². The number of hydrogen-bond donors (Lipinski definition) is 1. The second-order valence-electron chi connectivity index (χ2n) is 5.55. The normalized spacial score (nSPS) is 16.8. The molecule has 1 aliphatic heterocycles. The van der Waals surface area contributed by atoms with Crippen molar-refractivity contribution in [3.8, 4) is 5.75 Å². The summed E-state index contributed by atoms with van der Waals surface area (Å²) in [7, 11) is 0. The van der Waals surface area contributed by atoms with Gasteiger partial charge in [-0.2, -0.15) is 0 Å². The van der Waals surface area contributed by atoms with Gasteiger partial charge in [0.15, 0.2) is 11.6 Å². The zero-order chi connectivity index (χ0) is 16.9. The lowest BCUT2D eigenvalue weighted by molar-refractivity contribution is 0.0679. The minimum absolute atomic E-state index is 0.126. The van der Waals surface area contributed by atoms with E-state index in [1.807, 2.05) is 0 Å². The molecule has 0 bridgehead atoms. The fraction of sp³-hybridized carbons (Fsp3) is 0.278. The number of anilines is 1. The van der Waals surface area contributed by atoms with E-state index in [0.717, 1.165) is 31.6 Å². The molecule has 0 aliphatic carbocycles. The summed E-state index contributed by atoms with van der Waals surface area (Å²) in [5, 5.41) is 2.52. The molecule has 1 atom stereocenters. The Morgan fingerprint density at radius 3 is 2.62 bits per heavy atom. The topological polar surface area (TPSA) is 47.6 Å². The van der Waals surface area contributed by atoms with Gasteiger partial charge in [-0.3, -0.25) is 4.79 Å². The summed E-state index contributed by atoms with van der Waals surface area (Å²) in [4.78, 5) is 12.1. The zero-order valence-electron chi connectivity index (χ0n) is 12.9. The number of hydrogen-bond acceptors (Lipinski definition) is 3. The molecule has 1 saturated heterocycles. The van der Waals surface area contributed by atoms with Gasteiger partial charge in [-0.15, -0.1) is 0 Å². The third-order valence-corrected chi connectivity index (χ3v) is 3.75. The van der Waals surface area contributed by atoms with Crippen molar-refractivity contribution in [2.24, 2.45) is 0 Å². The molecule has 3 rings (SSSR count). The number of nitrogens with one attached hydrogen (secondary N) is 1. The maximum Gasteiger partial charge on any atom is 0.255 e. The van der Waals surface area contributed by atoms with Crippen molar-refractivity contribution < 1.29 is 23.0 Å². The fourth-order valence-electron chi connectivity index (χ4n) is 2.44. The largest absolute Gasteiger partial charge is 0.491 e.